The zero-order valence-corrected chi connectivity index (χ0v) is 28.8. The number of nitrogens with one attached hydrogen (secondary N) is 3. The number of hydrogen-bond acceptors (Lipinski definition) is 10. The minimum Gasteiger partial charge on any atom is -0.475 e. The number of hydrazine groups is 1. The Kier molecular flexibility index (Phi) is 9.36. The van der Waals surface area contributed by atoms with Crippen LogP contribution in [0.5, 0.6) is 5.88 Å². The van der Waals surface area contributed by atoms with Crippen molar-refractivity contribution in [2.45, 2.75) is 44.4 Å². The van der Waals surface area contributed by atoms with Crippen LogP contribution in [0.1, 0.15) is 49.4 Å². The van der Waals surface area contributed by atoms with E-state index in [0.29, 0.717) is 50.0 Å². The second-order valence-electron chi connectivity index (χ2n) is 13.4. The first-order valence-corrected chi connectivity index (χ1v) is 17.0. The molecule has 1 unspecified atom stereocenters. The molecule has 5 heterocycles. The highest BCUT2D eigenvalue weighted by Crippen LogP contribution is 2.36. The van der Waals surface area contributed by atoms with E-state index in [-0.39, 0.29) is 30.5 Å². The SMILES string of the molecule is CO[C@@]1(C(=O)Nc2ccc3c(c2)C(c2ccc(OC(C)C)nc2)NN3)CCN(CC(=O)N2CC=C(c3ccc(-c4ncn(C)n4)cc3)CC2)C1. The highest BCUT2D eigenvalue weighted by Gasteiger charge is 2.45. The number of carbonyl (C=O) groups excluding carboxylic acids is 2. The van der Waals surface area contributed by atoms with Crippen molar-refractivity contribution in [3.63, 3.8) is 0 Å². The molecule has 0 saturated carbocycles. The molecule has 1 fully saturated rings. The maximum absolute atomic E-state index is 13.7. The zero-order valence-electron chi connectivity index (χ0n) is 28.8. The quantitative estimate of drug-likeness (QED) is 0.226. The summed E-state index contributed by atoms with van der Waals surface area (Å²) in [7, 11) is 3.41. The van der Waals surface area contributed by atoms with Crippen LogP contribution in [-0.4, -0.2) is 92.9 Å². The molecule has 3 aliphatic heterocycles. The van der Waals surface area contributed by atoms with E-state index >= 15 is 0 Å². The Hall–Kier alpha value is -5.11. The van der Waals surface area contributed by atoms with Gasteiger partial charge in [-0.25, -0.2) is 15.4 Å². The molecular weight excluding hydrogens is 634 g/mol. The highest BCUT2D eigenvalue weighted by molar-refractivity contribution is 5.98. The Labute approximate surface area is 291 Å². The molecule has 2 aromatic heterocycles. The van der Waals surface area contributed by atoms with Gasteiger partial charge < -0.3 is 25.1 Å². The summed E-state index contributed by atoms with van der Waals surface area (Å²) >= 11 is 0. The topological polar surface area (TPSA) is 139 Å². The lowest BCUT2D eigenvalue weighted by Gasteiger charge is -2.30. The van der Waals surface area contributed by atoms with Gasteiger partial charge in [-0.3, -0.25) is 19.2 Å². The Morgan fingerprint density at radius 1 is 1.06 bits per heavy atom. The Morgan fingerprint density at radius 3 is 2.56 bits per heavy atom. The van der Waals surface area contributed by atoms with Crippen LogP contribution in [0.3, 0.4) is 0 Å². The smallest absolute Gasteiger partial charge is 0.258 e. The summed E-state index contributed by atoms with van der Waals surface area (Å²) in [5.41, 5.74) is 12.4. The number of likely N-dealkylation sites (tertiary alicyclic amines) is 1. The number of amides is 2. The molecular formula is C37H43N9O4. The lowest BCUT2D eigenvalue weighted by Crippen LogP contribution is -2.48. The number of aryl methyl sites for hydroxylation is 1. The molecule has 1 saturated heterocycles. The molecule has 260 valence electrons. The summed E-state index contributed by atoms with van der Waals surface area (Å²) in [6, 6.07) is 17.7. The molecule has 7 rings (SSSR count). The maximum Gasteiger partial charge on any atom is 0.258 e. The number of fused-ring (bicyclic) bond motifs is 1. The minimum absolute atomic E-state index is 0.0440. The molecule has 0 radical (unpaired) electrons. The molecule has 3 aliphatic rings. The van der Waals surface area contributed by atoms with E-state index in [1.54, 1.807) is 24.3 Å². The van der Waals surface area contributed by atoms with Crippen molar-refractivity contribution < 1.29 is 19.1 Å². The molecule has 0 aliphatic carbocycles. The van der Waals surface area contributed by atoms with Crippen LogP contribution in [0.4, 0.5) is 11.4 Å². The number of rotatable bonds is 10. The van der Waals surface area contributed by atoms with E-state index in [2.05, 4.69) is 49.4 Å². The van der Waals surface area contributed by atoms with E-state index in [0.717, 1.165) is 34.4 Å². The average Bonchev–Trinajstić information content (AvgIpc) is 3.87. The number of methoxy groups -OCH3 is 1. The van der Waals surface area contributed by atoms with Crippen molar-refractivity contribution in [3.05, 3.63) is 89.9 Å². The van der Waals surface area contributed by atoms with Gasteiger partial charge in [-0.2, -0.15) is 5.10 Å². The van der Waals surface area contributed by atoms with Crippen molar-refractivity contribution in [1.29, 1.82) is 0 Å². The summed E-state index contributed by atoms with van der Waals surface area (Å²) in [6.07, 6.45) is 6.93. The fourth-order valence-electron chi connectivity index (χ4n) is 6.79. The normalized spacial score (nSPS) is 20.4. The number of aromatic nitrogens is 4. The van der Waals surface area contributed by atoms with Crippen molar-refractivity contribution in [1.82, 2.24) is 35.0 Å². The number of ether oxygens (including phenoxy) is 2. The largest absolute Gasteiger partial charge is 0.475 e. The molecule has 0 bridgehead atoms. The van der Waals surface area contributed by atoms with Gasteiger partial charge in [-0.05, 0) is 61.6 Å². The van der Waals surface area contributed by atoms with Gasteiger partial charge >= 0.3 is 0 Å². The molecule has 2 aromatic carbocycles. The van der Waals surface area contributed by atoms with Crippen LogP contribution >= 0.6 is 0 Å². The van der Waals surface area contributed by atoms with E-state index in [4.69, 9.17) is 9.47 Å². The summed E-state index contributed by atoms with van der Waals surface area (Å²) in [5, 5.41) is 7.46. The van der Waals surface area contributed by atoms with Crippen LogP contribution in [0.15, 0.2) is 73.2 Å². The van der Waals surface area contributed by atoms with E-state index in [1.807, 2.05) is 73.2 Å². The Morgan fingerprint density at radius 2 is 1.88 bits per heavy atom. The van der Waals surface area contributed by atoms with Crippen molar-refractivity contribution >= 4 is 28.8 Å². The van der Waals surface area contributed by atoms with E-state index in [9.17, 15) is 9.59 Å². The third kappa shape index (κ3) is 6.97. The molecule has 4 aromatic rings. The zero-order chi connectivity index (χ0) is 34.8. The third-order valence-corrected chi connectivity index (χ3v) is 9.57. The number of anilines is 2. The van der Waals surface area contributed by atoms with Crippen LogP contribution in [0.2, 0.25) is 0 Å². The van der Waals surface area contributed by atoms with Gasteiger partial charge in [0.25, 0.3) is 5.91 Å². The van der Waals surface area contributed by atoms with Crippen LogP contribution < -0.4 is 20.9 Å². The minimum atomic E-state index is -1.06. The number of nitrogens with zero attached hydrogens (tertiary/aromatic N) is 6. The number of carbonyl (C=O) groups is 2. The van der Waals surface area contributed by atoms with Gasteiger partial charge in [0.1, 0.15) is 6.33 Å². The summed E-state index contributed by atoms with van der Waals surface area (Å²) in [6.45, 7) is 6.29. The number of hydrogen-bond donors (Lipinski definition) is 3. The lowest BCUT2D eigenvalue weighted by atomic mass is 9.98. The maximum atomic E-state index is 13.7. The van der Waals surface area contributed by atoms with Gasteiger partial charge in [0.15, 0.2) is 11.4 Å². The van der Waals surface area contributed by atoms with Gasteiger partial charge in [0, 0.05) is 69.4 Å². The Bertz CT molecular complexity index is 1890. The summed E-state index contributed by atoms with van der Waals surface area (Å²) in [5.74, 6) is 1.10. The first-order valence-electron chi connectivity index (χ1n) is 17.0. The van der Waals surface area contributed by atoms with Crippen LogP contribution in [0.25, 0.3) is 17.0 Å². The molecule has 13 heteroatoms. The lowest BCUT2D eigenvalue weighted by molar-refractivity contribution is -0.138. The predicted octanol–water partition coefficient (Wildman–Crippen LogP) is 4.03. The van der Waals surface area contributed by atoms with Gasteiger partial charge in [0.05, 0.1) is 24.4 Å². The van der Waals surface area contributed by atoms with Gasteiger partial charge in [-0.15, -0.1) is 0 Å². The third-order valence-electron chi connectivity index (χ3n) is 9.57. The standard InChI is InChI=1S/C37H43N9O4/c1-24(2)50-32-12-9-28(20-38-32)34-30-19-29(10-11-31(30)41-42-34)40-36(48)37(49-4)15-18-45(22-37)21-33(47)46-16-13-26(14-17-46)25-5-7-27(8-6-25)35-39-23-44(3)43-35/h5-13,19-20,23-24,34,41-42H,14-18,21-22H2,1-4H3,(H,40,48)/t34?,37-/m0/s1. The fraction of sp³-hybridized carbons (Fsp3) is 0.378. The van der Waals surface area contributed by atoms with Gasteiger partial charge in [0.2, 0.25) is 11.8 Å². The van der Waals surface area contributed by atoms with E-state index in [1.165, 1.54) is 5.57 Å². The summed E-state index contributed by atoms with van der Waals surface area (Å²) in [4.78, 5) is 39.7. The second kappa shape index (κ2) is 14.0. The van der Waals surface area contributed by atoms with Crippen molar-refractivity contribution in [2.24, 2.45) is 7.05 Å². The number of benzene rings is 2. The average molecular weight is 678 g/mol. The second-order valence-corrected chi connectivity index (χ2v) is 13.4. The highest BCUT2D eigenvalue weighted by atomic mass is 16.5. The molecule has 2 amide bonds. The Balaban J connectivity index is 0.939. The van der Waals surface area contributed by atoms with Gasteiger partial charge in [-0.1, -0.05) is 36.4 Å². The van der Waals surface area contributed by atoms with Crippen molar-refractivity contribution in [2.75, 3.05) is 50.6 Å². The van der Waals surface area contributed by atoms with E-state index < -0.39 is 5.60 Å². The van der Waals surface area contributed by atoms with Crippen LogP contribution in [0, 0.1) is 0 Å². The molecule has 3 N–H and O–H groups in total. The fourth-order valence-corrected chi connectivity index (χ4v) is 6.79. The van der Waals surface area contributed by atoms with Crippen molar-refractivity contribution in [3.8, 4) is 17.3 Å². The first-order chi connectivity index (χ1) is 24.2. The monoisotopic (exact) mass is 677 g/mol. The van der Waals surface area contributed by atoms with Crippen LogP contribution in [-0.2, 0) is 21.4 Å². The first kappa shape index (κ1) is 33.4. The molecule has 50 heavy (non-hydrogen) atoms. The summed E-state index contributed by atoms with van der Waals surface area (Å²) < 4.78 is 13.2. The molecule has 0 spiro atoms. The number of pyridine rings is 1. The predicted molar refractivity (Wildman–Crippen MR) is 190 cm³/mol. The molecule has 13 nitrogen and oxygen atoms in total. The molecule has 2 atom stereocenters.